The van der Waals surface area contributed by atoms with Gasteiger partial charge in [0.25, 0.3) is 0 Å². The van der Waals surface area contributed by atoms with Gasteiger partial charge in [0, 0.05) is 6.42 Å². The third kappa shape index (κ3) is 3.08. The van der Waals surface area contributed by atoms with Crippen molar-refractivity contribution in [2.45, 2.75) is 20.3 Å². The fraction of sp³-hybridized carbons (Fsp3) is 0.400. The molecule has 0 bridgehead atoms. The topological polar surface area (TPSA) is 9.23 Å². The molecular formula is C10H16O. The first-order valence-corrected chi connectivity index (χ1v) is 3.98. The Morgan fingerprint density at radius 3 is 2.45 bits per heavy atom. The van der Waals surface area contributed by atoms with E-state index in [2.05, 4.69) is 13.2 Å². The van der Waals surface area contributed by atoms with Gasteiger partial charge in [-0.1, -0.05) is 33.1 Å². The summed E-state index contributed by atoms with van der Waals surface area (Å²) in [5, 5.41) is 0. The molecule has 1 aliphatic heterocycles. The molecular weight excluding hydrogens is 136 g/mol. The summed E-state index contributed by atoms with van der Waals surface area (Å²) in [4.78, 5) is 0. The van der Waals surface area contributed by atoms with Crippen molar-refractivity contribution in [2.75, 3.05) is 6.61 Å². The first-order valence-electron chi connectivity index (χ1n) is 3.98. The molecule has 1 nitrogen and oxygen atoms in total. The molecule has 0 amide bonds. The van der Waals surface area contributed by atoms with Crippen molar-refractivity contribution >= 4 is 0 Å². The van der Waals surface area contributed by atoms with Gasteiger partial charge in [0.1, 0.15) is 5.76 Å². The lowest BCUT2D eigenvalue weighted by atomic mass is 10.2. The third-order valence-electron chi connectivity index (χ3n) is 1.28. The molecule has 0 N–H and O–H groups in total. The molecule has 0 spiro atoms. The Bertz CT molecular complexity index is 166. The average Bonchev–Trinajstić information content (AvgIpc) is 2.42. The molecule has 1 rings (SSSR count). The fourth-order valence-corrected chi connectivity index (χ4v) is 0.782. The van der Waals surface area contributed by atoms with Crippen molar-refractivity contribution in [2.24, 2.45) is 0 Å². The number of hydrogen-bond acceptors (Lipinski definition) is 1. The largest absolute Gasteiger partial charge is 0.493 e. The van der Waals surface area contributed by atoms with E-state index in [4.69, 9.17) is 4.74 Å². The van der Waals surface area contributed by atoms with E-state index in [1.54, 1.807) is 6.08 Å². The van der Waals surface area contributed by atoms with E-state index in [0.717, 1.165) is 24.4 Å². The molecule has 0 aliphatic carbocycles. The second-order valence-corrected chi connectivity index (χ2v) is 1.97. The van der Waals surface area contributed by atoms with Gasteiger partial charge >= 0.3 is 0 Å². The highest BCUT2D eigenvalue weighted by Crippen LogP contribution is 2.20. The van der Waals surface area contributed by atoms with E-state index in [1.807, 2.05) is 19.9 Å². The molecule has 1 saturated heterocycles. The maximum Gasteiger partial charge on any atom is 0.122 e. The number of ether oxygens (including phenoxy) is 1. The van der Waals surface area contributed by atoms with Crippen LogP contribution in [0.1, 0.15) is 20.3 Å². The Kier molecular flexibility index (Phi) is 5.26. The number of rotatable bonds is 1. The molecule has 1 heteroatoms. The predicted octanol–water partition coefficient (Wildman–Crippen LogP) is 3.06. The molecule has 1 fully saturated rings. The summed E-state index contributed by atoms with van der Waals surface area (Å²) >= 11 is 0. The molecule has 0 aromatic rings. The maximum absolute atomic E-state index is 5.20. The fourth-order valence-electron chi connectivity index (χ4n) is 0.782. The zero-order valence-electron chi connectivity index (χ0n) is 7.39. The van der Waals surface area contributed by atoms with Crippen LogP contribution in [0.15, 0.2) is 36.6 Å². The average molecular weight is 152 g/mol. The van der Waals surface area contributed by atoms with Crippen LogP contribution in [0.2, 0.25) is 0 Å². The van der Waals surface area contributed by atoms with Crippen molar-refractivity contribution in [1.29, 1.82) is 0 Å². The van der Waals surface area contributed by atoms with E-state index < -0.39 is 0 Å². The molecule has 1 heterocycles. The van der Waals surface area contributed by atoms with Crippen molar-refractivity contribution in [1.82, 2.24) is 0 Å². The van der Waals surface area contributed by atoms with Gasteiger partial charge in [-0.25, -0.2) is 0 Å². The summed E-state index contributed by atoms with van der Waals surface area (Å²) in [6, 6.07) is 0. The van der Waals surface area contributed by atoms with Gasteiger partial charge in [-0.15, -0.1) is 0 Å². The van der Waals surface area contributed by atoms with Crippen molar-refractivity contribution < 1.29 is 4.74 Å². The quantitative estimate of drug-likeness (QED) is 0.561. The van der Waals surface area contributed by atoms with E-state index in [0.29, 0.717) is 0 Å². The van der Waals surface area contributed by atoms with Crippen LogP contribution in [-0.2, 0) is 4.74 Å². The first-order chi connectivity index (χ1) is 5.34. The number of allylic oxidation sites excluding steroid dienone is 3. The van der Waals surface area contributed by atoms with Crippen LogP contribution in [-0.4, -0.2) is 6.61 Å². The molecule has 62 valence electrons. The molecule has 0 atom stereocenters. The van der Waals surface area contributed by atoms with Gasteiger partial charge in [0.05, 0.1) is 6.61 Å². The monoisotopic (exact) mass is 152 g/mol. The van der Waals surface area contributed by atoms with E-state index in [1.165, 1.54) is 0 Å². The van der Waals surface area contributed by atoms with Gasteiger partial charge < -0.3 is 4.74 Å². The van der Waals surface area contributed by atoms with Gasteiger partial charge in [-0.3, -0.25) is 0 Å². The molecule has 0 radical (unpaired) electrons. The Morgan fingerprint density at radius 1 is 1.45 bits per heavy atom. The first kappa shape index (κ1) is 10.0. The molecule has 0 saturated carbocycles. The summed E-state index contributed by atoms with van der Waals surface area (Å²) in [5.74, 6) is 0.894. The van der Waals surface area contributed by atoms with Crippen LogP contribution in [0.4, 0.5) is 0 Å². The lowest BCUT2D eigenvalue weighted by Crippen LogP contribution is -1.77. The summed E-state index contributed by atoms with van der Waals surface area (Å²) < 4.78 is 5.20. The minimum absolute atomic E-state index is 0.776. The minimum Gasteiger partial charge on any atom is -0.493 e. The third-order valence-corrected chi connectivity index (χ3v) is 1.28. The van der Waals surface area contributed by atoms with E-state index in [9.17, 15) is 0 Å². The predicted molar refractivity (Wildman–Crippen MR) is 49.3 cm³/mol. The standard InChI is InChI=1S/C8H10O.C2H6/c1-3-4-8-7(2)5-6-9-8;1-2/h3-4H,1-2,5-6H2;1-2H3/b8-4+;. The summed E-state index contributed by atoms with van der Waals surface area (Å²) in [6.07, 6.45) is 4.51. The van der Waals surface area contributed by atoms with Gasteiger partial charge in [-0.05, 0) is 11.6 Å². The van der Waals surface area contributed by atoms with Gasteiger partial charge in [0.2, 0.25) is 0 Å². The van der Waals surface area contributed by atoms with E-state index in [-0.39, 0.29) is 0 Å². The molecule has 0 aromatic carbocycles. The highest BCUT2D eigenvalue weighted by atomic mass is 16.5. The summed E-state index contributed by atoms with van der Waals surface area (Å²) in [5.41, 5.74) is 1.08. The molecule has 0 unspecified atom stereocenters. The van der Waals surface area contributed by atoms with Crippen LogP contribution in [0.5, 0.6) is 0 Å². The molecule has 1 aliphatic rings. The lowest BCUT2D eigenvalue weighted by molar-refractivity contribution is 0.266. The zero-order chi connectivity index (χ0) is 8.69. The summed E-state index contributed by atoms with van der Waals surface area (Å²) in [6.45, 7) is 12.2. The maximum atomic E-state index is 5.20. The normalized spacial score (nSPS) is 18.7. The van der Waals surface area contributed by atoms with Crippen molar-refractivity contribution in [3.05, 3.63) is 36.6 Å². The van der Waals surface area contributed by atoms with Crippen LogP contribution in [0, 0.1) is 0 Å². The minimum atomic E-state index is 0.776. The van der Waals surface area contributed by atoms with Crippen molar-refractivity contribution in [3.8, 4) is 0 Å². The Morgan fingerprint density at radius 2 is 2.09 bits per heavy atom. The van der Waals surface area contributed by atoms with Crippen molar-refractivity contribution in [3.63, 3.8) is 0 Å². The SMILES string of the molecule is C=C/C=C1/OCCC1=C.CC. The second kappa shape index (κ2) is 5.78. The van der Waals surface area contributed by atoms with Crippen LogP contribution < -0.4 is 0 Å². The smallest absolute Gasteiger partial charge is 0.122 e. The molecule has 0 aromatic heterocycles. The Balaban J connectivity index is 0.000000461. The van der Waals surface area contributed by atoms with Crippen LogP contribution in [0.3, 0.4) is 0 Å². The highest BCUT2D eigenvalue weighted by molar-refractivity contribution is 5.28. The van der Waals surface area contributed by atoms with Crippen LogP contribution in [0.25, 0.3) is 0 Å². The van der Waals surface area contributed by atoms with Crippen LogP contribution >= 0.6 is 0 Å². The highest BCUT2D eigenvalue weighted by Gasteiger charge is 2.10. The summed E-state index contributed by atoms with van der Waals surface area (Å²) in [7, 11) is 0. The lowest BCUT2D eigenvalue weighted by Gasteiger charge is -1.93. The number of hydrogen-bond donors (Lipinski definition) is 0. The second-order valence-electron chi connectivity index (χ2n) is 1.97. The Hall–Kier alpha value is -0.980. The zero-order valence-corrected chi connectivity index (χ0v) is 7.39. The molecule has 11 heavy (non-hydrogen) atoms. The van der Waals surface area contributed by atoms with E-state index >= 15 is 0 Å². The van der Waals surface area contributed by atoms with Gasteiger partial charge in [0.15, 0.2) is 0 Å². The van der Waals surface area contributed by atoms with Gasteiger partial charge in [-0.2, -0.15) is 0 Å². The Labute approximate surface area is 69.1 Å².